The molecule has 2 N–H and O–H groups in total. The van der Waals surface area contributed by atoms with Crippen LogP contribution in [-0.4, -0.2) is 34.3 Å². The first-order chi connectivity index (χ1) is 11.6. The first kappa shape index (κ1) is 18.7. The maximum Gasteiger partial charge on any atom is 0.251 e. The first-order valence-corrected chi connectivity index (χ1v) is 9.56. The number of carbonyl (C=O) groups is 2. The normalized spacial score (nSPS) is 10.4. The minimum absolute atomic E-state index is 0.139. The topological polar surface area (TPSA) is 84.0 Å². The maximum atomic E-state index is 11.9. The number of nitrogens with one attached hydrogen (secondary N) is 2. The molecule has 0 bridgehead atoms. The van der Waals surface area contributed by atoms with E-state index >= 15 is 0 Å². The monoisotopic (exact) mass is 384 g/mol. The number of amides is 2. The summed E-state index contributed by atoms with van der Waals surface area (Å²) in [6.07, 6.45) is 0.845. The average molecular weight is 385 g/mol. The number of nitrogens with zero attached hydrogens (tertiary/aromatic N) is 2. The van der Waals surface area contributed by atoms with E-state index in [-0.39, 0.29) is 11.8 Å². The Morgan fingerprint density at radius 2 is 2.00 bits per heavy atom. The highest BCUT2D eigenvalue weighted by molar-refractivity contribution is 8.01. The lowest BCUT2D eigenvalue weighted by molar-refractivity contribution is -0.116. The molecule has 0 saturated carbocycles. The maximum absolute atomic E-state index is 11.9. The smallest absolute Gasteiger partial charge is 0.251 e. The van der Waals surface area contributed by atoms with Crippen molar-refractivity contribution in [2.75, 3.05) is 17.6 Å². The van der Waals surface area contributed by atoms with Gasteiger partial charge in [0.1, 0.15) is 0 Å². The minimum atomic E-state index is -0.183. The Kier molecular flexibility index (Phi) is 7.48. The molecular weight excluding hydrogens is 368 g/mol. The molecule has 0 saturated heterocycles. The quantitative estimate of drug-likeness (QED) is 0.413. The number of carbonyl (C=O) groups excluding carboxylic acids is 2. The van der Waals surface area contributed by atoms with Gasteiger partial charge in [-0.15, -0.1) is 10.2 Å². The van der Waals surface area contributed by atoms with Crippen LogP contribution in [0.15, 0.2) is 28.6 Å². The molecule has 0 aliphatic heterocycles. The summed E-state index contributed by atoms with van der Waals surface area (Å²) in [5.41, 5.74) is 0.540. The number of rotatable bonds is 8. The number of halogens is 1. The van der Waals surface area contributed by atoms with Gasteiger partial charge in [0, 0.05) is 23.6 Å². The first-order valence-electron chi connectivity index (χ1n) is 7.38. The van der Waals surface area contributed by atoms with Crippen molar-refractivity contribution in [2.45, 2.75) is 24.1 Å². The molecule has 24 heavy (non-hydrogen) atoms. The van der Waals surface area contributed by atoms with E-state index in [0.717, 1.165) is 10.1 Å². The Balaban J connectivity index is 1.66. The summed E-state index contributed by atoms with van der Waals surface area (Å²) in [7, 11) is 0. The second-order valence-corrected chi connectivity index (χ2v) is 7.65. The third-order valence-electron chi connectivity index (χ3n) is 2.89. The van der Waals surface area contributed by atoms with Crippen molar-refractivity contribution in [1.29, 1.82) is 0 Å². The molecule has 0 spiro atoms. The third-order valence-corrected chi connectivity index (χ3v) is 5.00. The number of benzene rings is 1. The Labute approximate surface area is 153 Å². The molecule has 0 unspecified atom stereocenters. The van der Waals surface area contributed by atoms with Gasteiger partial charge in [-0.1, -0.05) is 41.6 Å². The van der Waals surface area contributed by atoms with Crippen LogP contribution in [0.1, 0.15) is 30.1 Å². The minimum Gasteiger partial charge on any atom is -0.352 e. The molecule has 2 rings (SSSR count). The second-order valence-electron chi connectivity index (χ2n) is 4.72. The molecule has 1 aromatic carbocycles. The lowest BCUT2D eigenvalue weighted by atomic mass is 10.2. The van der Waals surface area contributed by atoms with Crippen molar-refractivity contribution in [3.8, 4) is 0 Å². The van der Waals surface area contributed by atoms with Crippen molar-refractivity contribution >= 4 is 51.6 Å². The molecule has 6 nitrogen and oxygen atoms in total. The molecular formula is C15H17ClN4O2S2. The van der Waals surface area contributed by atoms with Crippen LogP contribution in [0.2, 0.25) is 5.02 Å². The van der Waals surface area contributed by atoms with Gasteiger partial charge in [-0.05, 0) is 36.4 Å². The summed E-state index contributed by atoms with van der Waals surface area (Å²) in [4.78, 5) is 23.7. The Morgan fingerprint density at radius 3 is 2.71 bits per heavy atom. The van der Waals surface area contributed by atoms with Crippen LogP contribution in [0, 0.1) is 0 Å². The van der Waals surface area contributed by atoms with E-state index in [2.05, 4.69) is 20.8 Å². The summed E-state index contributed by atoms with van der Waals surface area (Å²) < 4.78 is 0.836. The van der Waals surface area contributed by atoms with Gasteiger partial charge in [0.15, 0.2) is 4.34 Å². The molecule has 9 heteroatoms. The van der Waals surface area contributed by atoms with Crippen molar-refractivity contribution in [2.24, 2.45) is 0 Å². The molecule has 1 aromatic heterocycles. The molecule has 0 radical (unpaired) electrons. The number of hydrogen-bond acceptors (Lipinski definition) is 6. The van der Waals surface area contributed by atoms with E-state index in [1.807, 2.05) is 6.92 Å². The van der Waals surface area contributed by atoms with Gasteiger partial charge < -0.3 is 10.6 Å². The van der Waals surface area contributed by atoms with Crippen LogP contribution >= 0.6 is 34.7 Å². The highest BCUT2D eigenvalue weighted by Gasteiger charge is 2.09. The van der Waals surface area contributed by atoms with E-state index in [9.17, 15) is 9.59 Å². The van der Waals surface area contributed by atoms with E-state index in [0.29, 0.717) is 35.1 Å². The molecule has 0 fully saturated rings. The number of hydrogen-bond donors (Lipinski definition) is 2. The van der Waals surface area contributed by atoms with E-state index in [1.54, 1.807) is 36.0 Å². The van der Waals surface area contributed by atoms with Crippen molar-refractivity contribution in [3.05, 3.63) is 34.9 Å². The van der Waals surface area contributed by atoms with Crippen LogP contribution < -0.4 is 10.6 Å². The Hall–Kier alpha value is -1.64. The fraction of sp³-hybridized carbons (Fsp3) is 0.333. The molecule has 0 aliphatic rings. The Morgan fingerprint density at radius 1 is 1.25 bits per heavy atom. The summed E-state index contributed by atoms with van der Waals surface area (Å²) in [5.74, 6) is 0.591. The molecule has 0 aliphatic carbocycles. The van der Waals surface area contributed by atoms with Gasteiger partial charge >= 0.3 is 0 Å². The standard InChI is InChI=1S/C15H17ClN4O2S2/c1-2-23-15-20-19-14(24-15)18-12(21)4-3-9-17-13(22)10-5-7-11(16)8-6-10/h5-8H,2-4,9H2,1H3,(H,17,22)(H,18,19,21). The third kappa shape index (κ3) is 6.10. The highest BCUT2D eigenvalue weighted by Crippen LogP contribution is 2.24. The zero-order valence-electron chi connectivity index (χ0n) is 13.0. The molecule has 1 heterocycles. The second kappa shape index (κ2) is 9.61. The SMILES string of the molecule is CCSc1nnc(NC(=O)CCCNC(=O)c2ccc(Cl)cc2)s1. The highest BCUT2D eigenvalue weighted by atomic mass is 35.5. The zero-order valence-corrected chi connectivity index (χ0v) is 15.4. The van der Waals surface area contributed by atoms with Crippen molar-refractivity contribution in [1.82, 2.24) is 15.5 Å². The predicted octanol–water partition coefficient (Wildman–Crippen LogP) is 3.45. The van der Waals surface area contributed by atoms with Gasteiger partial charge in [0.05, 0.1) is 0 Å². The molecule has 2 aromatic rings. The summed E-state index contributed by atoms with van der Waals surface area (Å²) in [6, 6.07) is 6.64. The van der Waals surface area contributed by atoms with E-state index < -0.39 is 0 Å². The van der Waals surface area contributed by atoms with Gasteiger partial charge in [0.2, 0.25) is 11.0 Å². The summed E-state index contributed by atoms with van der Waals surface area (Å²) in [6.45, 7) is 2.45. The summed E-state index contributed by atoms with van der Waals surface area (Å²) in [5, 5.41) is 14.4. The number of aromatic nitrogens is 2. The number of anilines is 1. The van der Waals surface area contributed by atoms with E-state index in [4.69, 9.17) is 11.6 Å². The van der Waals surface area contributed by atoms with Crippen molar-refractivity contribution < 1.29 is 9.59 Å². The average Bonchev–Trinajstić information content (AvgIpc) is 2.99. The van der Waals surface area contributed by atoms with Crippen LogP contribution in [-0.2, 0) is 4.79 Å². The largest absolute Gasteiger partial charge is 0.352 e. The van der Waals surface area contributed by atoms with Crippen molar-refractivity contribution in [3.63, 3.8) is 0 Å². The fourth-order valence-electron chi connectivity index (χ4n) is 1.78. The zero-order chi connectivity index (χ0) is 17.4. The van der Waals surface area contributed by atoms with Gasteiger partial charge in [0.25, 0.3) is 5.91 Å². The lowest BCUT2D eigenvalue weighted by Gasteiger charge is -2.05. The van der Waals surface area contributed by atoms with Gasteiger partial charge in [-0.3, -0.25) is 9.59 Å². The van der Waals surface area contributed by atoms with Crippen LogP contribution in [0.5, 0.6) is 0 Å². The summed E-state index contributed by atoms with van der Waals surface area (Å²) >= 11 is 8.72. The fourth-order valence-corrected chi connectivity index (χ4v) is 3.57. The predicted molar refractivity (Wildman–Crippen MR) is 98.0 cm³/mol. The lowest BCUT2D eigenvalue weighted by Crippen LogP contribution is -2.25. The molecule has 0 atom stereocenters. The molecule has 2 amide bonds. The van der Waals surface area contributed by atoms with Crippen LogP contribution in [0.4, 0.5) is 5.13 Å². The van der Waals surface area contributed by atoms with Crippen LogP contribution in [0.25, 0.3) is 0 Å². The van der Waals surface area contributed by atoms with Gasteiger partial charge in [-0.2, -0.15) is 0 Å². The number of thioether (sulfide) groups is 1. The van der Waals surface area contributed by atoms with Crippen LogP contribution in [0.3, 0.4) is 0 Å². The molecule has 128 valence electrons. The Bertz CT molecular complexity index is 691. The van der Waals surface area contributed by atoms with E-state index in [1.165, 1.54) is 11.3 Å². The van der Waals surface area contributed by atoms with Gasteiger partial charge in [-0.25, -0.2) is 0 Å².